The zero-order valence-corrected chi connectivity index (χ0v) is 16.6. The van der Waals surface area contributed by atoms with Gasteiger partial charge in [0.1, 0.15) is 0 Å². The topological polar surface area (TPSA) is 61.8 Å². The summed E-state index contributed by atoms with van der Waals surface area (Å²) in [5.74, 6) is -0.755. The van der Waals surface area contributed by atoms with E-state index in [4.69, 9.17) is 9.84 Å². The molecule has 0 amide bonds. The van der Waals surface area contributed by atoms with Crippen molar-refractivity contribution >= 4 is 29.8 Å². The number of para-hydroxylation sites is 1. The lowest BCUT2D eigenvalue weighted by Gasteiger charge is -2.32. The van der Waals surface area contributed by atoms with Gasteiger partial charge >= 0.3 is 5.97 Å². The SMILES string of the molecule is Cc1cccc(C)c1Nc1ccc(C2CN(CCC(=O)O)CCO2)cc1.Cl. The molecule has 0 saturated carbocycles. The molecule has 3 rings (SSSR count). The van der Waals surface area contributed by atoms with Crippen molar-refractivity contribution in [3.05, 3.63) is 59.2 Å². The van der Waals surface area contributed by atoms with Crippen LogP contribution in [0.1, 0.15) is 29.2 Å². The lowest BCUT2D eigenvalue weighted by atomic mass is 10.1. The van der Waals surface area contributed by atoms with Gasteiger partial charge in [-0.2, -0.15) is 0 Å². The van der Waals surface area contributed by atoms with Gasteiger partial charge in [0, 0.05) is 31.0 Å². The molecule has 1 aliphatic rings. The molecular formula is C21H27ClN2O3. The van der Waals surface area contributed by atoms with Crippen LogP contribution in [-0.4, -0.2) is 42.2 Å². The molecule has 2 aromatic rings. The molecule has 5 nitrogen and oxygen atoms in total. The number of aryl methyl sites for hydroxylation is 2. The number of carboxylic acid groups (broad SMARTS) is 1. The highest BCUT2D eigenvalue weighted by molar-refractivity contribution is 5.85. The van der Waals surface area contributed by atoms with Crippen molar-refractivity contribution in [2.24, 2.45) is 0 Å². The molecule has 1 aliphatic heterocycles. The normalized spacial score (nSPS) is 17.2. The van der Waals surface area contributed by atoms with Gasteiger partial charge in [0.15, 0.2) is 0 Å². The Bertz CT molecular complexity index is 744. The Morgan fingerprint density at radius 3 is 2.48 bits per heavy atom. The van der Waals surface area contributed by atoms with Crippen LogP contribution in [0, 0.1) is 13.8 Å². The first-order valence-corrected chi connectivity index (χ1v) is 9.02. The van der Waals surface area contributed by atoms with Crippen LogP contribution in [0.2, 0.25) is 0 Å². The lowest BCUT2D eigenvalue weighted by Crippen LogP contribution is -2.39. The van der Waals surface area contributed by atoms with E-state index in [1.54, 1.807) is 0 Å². The van der Waals surface area contributed by atoms with E-state index in [2.05, 4.69) is 66.5 Å². The molecular weight excluding hydrogens is 364 g/mol. The van der Waals surface area contributed by atoms with Crippen LogP contribution >= 0.6 is 12.4 Å². The maximum atomic E-state index is 10.8. The van der Waals surface area contributed by atoms with Crippen molar-refractivity contribution in [3.8, 4) is 0 Å². The fourth-order valence-electron chi connectivity index (χ4n) is 3.30. The summed E-state index contributed by atoms with van der Waals surface area (Å²) in [6, 6.07) is 14.6. The monoisotopic (exact) mass is 390 g/mol. The van der Waals surface area contributed by atoms with Crippen molar-refractivity contribution in [3.63, 3.8) is 0 Å². The molecule has 1 heterocycles. The number of rotatable bonds is 6. The van der Waals surface area contributed by atoms with Crippen LogP contribution in [0.4, 0.5) is 11.4 Å². The number of nitrogens with one attached hydrogen (secondary N) is 1. The van der Waals surface area contributed by atoms with Crippen LogP contribution in [0.15, 0.2) is 42.5 Å². The van der Waals surface area contributed by atoms with Gasteiger partial charge in [-0.15, -0.1) is 12.4 Å². The Hall–Kier alpha value is -2.08. The molecule has 1 atom stereocenters. The Labute approximate surface area is 166 Å². The third kappa shape index (κ3) is 5.70. The van der Waals surface area contributed by atoms with Crippen LogP contribution in [0.3, 0.4) is 0 Å². The number of carboxylic acids is 1. The predicted octanol–water partition coefficient (Wildman–Crippen LogP) is 4.32. The number of anilines is 2. The van der Waals surface area contributed by atoms with Gasteiger partial charge < -0.3 is 15.2 Å². The molecule has 1 fully saturated rings. The van der Waals surface area contributed by atoms with E-state index >= 15 is 0 Å². The Kier molecular flexibility index (Phi) is 7.66. The summed E-state index contributed by atoms with van der Waals surface area (Å²) in [6.45, 7) is 6.93. The van der Waals surface area contributed by atoms with E-state index in [1.807, 2.05) is 0 Å². The number of ether oxygens (including phenoxy) is 1. The predicted molar refractivity (Wildman–Crippen MR) is 110 cm³/mol. The maximum Gasteiger partial charge on any atom is 0.304 e. The van der Waals surface area contributed by atoms with E-state index in [0.29, 0.717) is 13.2 Å². The minimum Gasteiger partial charge on any atom is -0.481 e. The first-order chi connectivity index (χ1) is 12.5. The number of benzene rings is 2. The Morgan fingerprint density at radius 1 is 1.19 bits per heavy atom. The number of aliphatic carboxylic acids is 1. The summed E-state index contributed by atoms with van der Waals surface area (Å²) in [5.41, 5.74) is 5.76. The lowest BCUT2D eigenvalue weighted by molar-refractivity contribution is -0.137. The number of nitrogens with zero attached hydrogens (tertiary/aromatic N) is 1. The Morgan fingerprint density at radius 2 is 1.85 bits per heavy atom. The largest absolute Gasteiger partial charge is 0.481 e. The number of carbonyl (C=O) groups is 1. The first-order valence-electron chi connectivity index (χ1n) is 9.02. The highest BCUT2D eigenvalue weighted by Gasteiger charge is 2.22. The molecule has 1 unspecified atom stereocenters. The molecule has 2 aromatic carbocycles. The third-order valence-corrected chi connectivity index (χ3v) is 4.83. The van der Waals surface area contributed by atoms with Gasteiger partial charge in [0.2, 0.25) is 0 Å². The zero-order valence-electron chi connectivity index (χ0n) is 15.8. The molecule has 0 bridgehead atoms. The van der Waals surface area contributed by atoms with Crippen molar-refractivity contribution in [2.75, 3.05) is 31.6 Å². The average molecular weight is 391 g/mol. The molecule has 0 spiro atoms. The van der Waals surface area contributed by atoms with E-state index in [9.17, 15) is 4.79 Å². The summed E-state index contributed by atoms with van der Waals surface area (Å²) < 4.78 is 5.89. The minimum absolute atomic E-state index is 0. The molecule has 0 radical (unpaired) electrons. The zero-order chi connectivity index (χ0) is 18.5. The first kappa shape index (κ1) is 21.2. The van der Waals surface area contributed by atoms with Gasteiger partial charge in [0.05, 0.1) is 19.1 Å². The maximum absolute atomic E-state index is 10.8. The Balaban J connectivity index is 0.00000261. The highest BCUT2D eigenvalue weighted by Crippen LogP contribution is 2.27. The highest BCUT2D eigenvalue weighted by atomic mass is 35.5. The summed E-state index contributed by atoms with van der Waals surface area (Å²) >= 11 is 0. The summed E-state index contributed by atoms with van der Waals surface area (Å²) in [5, 5.41) is 12.3. The van der Waals surface area contributed by atoms with Gasteiger partial charge in [0.25, 0.3) is 0 Å². The van der Waals surface area contributed by atoms with Crippen molar-refractivity contribution in [1.82, 2.24) is 4.90 Å². The van der Waals surface area contributed by atoms with Crippen molar-refractivity contribution < 1.29 is 14.6 Å². The fraction of sp³-hybridized carbons (Fsp3) is 0.381. The summed E-state index contributed by atoms with van der Waals surface area (Å²) in [4.78, 5) is 12.9. The second-order valence-electron chi connectivity index (χ2n) is 6.82. The molecule has 1 saturated heterocycles. The fourth-order valence-corrected chi connectivity index (χ4v) is 3.30. The van der Waals surface area contributed by atoms with Crippen LogP contribution < -0.4 is 5.32 Å². The van der Waals surface area contributed by atoms with Gasteiger partial charge in [-0.1, -0.05) is 30.3 Å². The van der Waals surface area contributed by atoms with E-state index in [1.165, 1.54) is 11.1 Å². The third-order valence-electron chi connectivity index (χ3n) is 4.83. The van der Waals surface area contributed by atoms with Gasteiger partial charge in [-0.3, -0.25) is 9.69 Å². The number of morpholine rings is 1. The van der Waals surface area contributed by atoms with E-state index in [-0.39, 0.29) is 24.9 Å². The molecule has 146 valence electrons. The molecule has 0 aliphatic carbocycles. The van der Waals surface area contributed by atoms with Gasteiger partial charge in [-0.05, 0) is 42.7 Å². The number of halogens is 1. The smallest absolute Gasteiger partial charge is 0.304 e. The quantitative estimate of drug-likeness (QED) is 0.769. The second kappa shape index (κ2) is 9.74. The van der Waals surface area contributed by atoms with Crippen LogP contribution in [0.25, 0.3) is 0 Å². The van der Waals surface area contributed by atoms with Crippen molar-refractivity contribution in [2.45, 2.75) is 26.4 Å². The standard InChI is InChI=1S/C21H26N2O3.ClH/c1-15-4-3-5-16(2)21(15)22-18-8-6-17(7-9-18)19-14-23(12-13-26-19)11-10-20(24)25;/h3-9,19,22H,10-14H2,1-2H3,(H,24,25);1H. The molecule has 2 N–H and O–H groups in total. The molecule has 6 heteroatoms. The molecule has 27 heavy (non-hydrogen) atoms. The average Bonchev–Trinajstić information content (AvgIpc) is 2.64. The second-order valence-corrected chi connectivity index (χ2v) is 6.82. The van der Waals surface area contributed by atoms with Crippen molar-refractivity contribution in [1.29, 1.82) is 0 Å². The number of hydrogen-bond donors (Lipinski definition) is 2. The molecule has 0 aromatic heterocycles. The van der Waals surface area contributed by atoms with E-state index in [0.717, 1.165) is 30.0 Å². The number of hydrogen-bond acceptors (Lipinski definition) is 4. The van der Waals surface area contributed by atoms with E-state index < -0.39 is 5.97 Å². The van der Waals surface area contributed by atoms with Crippen LogP contribution in [0.5, 0.6) is 0 Å². The van der Waals surface area contributed by atoms with Gasteiger partial charge in [-0.25, -0.2) is 0 Å². The minimum atomic E-state index is -0.755. The summed E-state index contributed by atoms with van der Waals surface area (Å²) in [6.07, 6.45) is 0.164. The summed E-state index contributed by atoms with van der Waals surface area (Å²) in [7, 11) is 0. The van der Waals surface area contributed by atoms with Crippen LogP contribution in [-0.2, 0) is 9.53 Å².